The molecule has 0 radical (unpaired) electrons. The number of anilines is 1. The molecule has 84 valence electrons. The lowest BCUT2D eigenvalue weighted by molar-refractivity contribution is 1.11. The number of hydrogen-bond donors (Lipinski definition) is 1. The van der Waals surface area contributed by atoms with Gasteiger partial charge in [0, 0.05) is 17.6 Å². The smallest absolute Gasteiger partial charge is 0.0602 e. The Labute approximate surface area is 104 Å². The number of pyridine rings is 1. The largest absolute Gasteiger partial charge is 0.398 e. The van der Waals surface area contributed by atoms with Crippen LogP contribution < -0.4 is 5.73 Å². The molecule has 2 rings (SSSR count). The molecule has 0 fully saturated rings. The second kappa shape index (κ2) is 4.89. The molecular formula is C12H14N2S2. The summed E-state index contributed by atoms with van der Waals surface area (Å²) in [5.74, 6) is 0.886. The number of nitrogens with two attached hydrogens (primary N) is 1. The maximum Gasteiger partial charge on any atom is 0.0602 e. The van der Waals surface area contributed by atoms with Crippen LogP contribution in [0.1, 0.15) is 16.8 Å². The molecule has 0 saturated carbocycles. The summed E-state index contributed by atoms with van der Waals surface area (Å²) in [6.45, 7) is 4.03. The maximum atomic E-state index is 5.98. The molecule has 0 aliphatic heterocycles. The highest BCUT2D eigenvalue weighted by molar-refractivity contribution is 8.00. The zero-order valence-electron chi connectivity index (χ0n) is 9.36. The van der Waals surface area contributed by atoms with Crippen molar-refractivity contribution >= 4 is 28.8 Å². The minimum absolute atomic E-state index is 0.872. The lowest BCUT2D eigenvalue weighted by Crippen LogP contribution is -2.00. The molecule has 0 spiro atoms. The molecule has 0 aliphatic rings. The summed E-state index contributed by atoms with van der Waals surface area (Å²) < 4.78 is 1.32. The predicted molar refractivity (Wildman–Crippen MR) is 72.0 cm³/mol. The van der Waals surface area contributed by atoms with Crippen LogP contribution in [0.4, 0.5) is 5.69 Å². The van der Waals surface area contributed by atoms with Crippen LogP contribution in [0, 0.1) is 13.8 Å². The van der Waals surface area contributed by atoms with Gasteiger partial charge >= 0.3 is 0 Å². The topological polar surface area (TPSA) is 38.9 Å². The van der Waals surface area contributed by atoms with Gasteiger partial charge in [-0.05, 0) is 36.4 Å². The first-order chi connectivity index (χ1) is 7.68. The van der Waals surface area contributed by atoms with Gasteiger partial charge in [0.05, 0.1) is 9.90 Å². The van der Waals surface area contributed by atoms with Crippen molar-refractivity contribution < 1.29 is 0 Å². The molecule has 2 N–H and O–H groups in total. The molecule has 2 nitrogen and oxygen atoms in total. The van der Waals surface area contributed by atoms with Crippen molar-refractivity contribution in [1.82, 2.24) is 4.98 Å². The molecule has 2 heterocycles. The van der Waals surface area contributed by atoms with Crippen LogP contribution >= 0.6 is 23.1 Å². The summed E-state index contributed by atoms with van der Waals surface area (Å²) in [5, 5.41) is 2.09. The van der Waals surface area contributed by atoms with E-state index in [0.717, 1.165) is 28.3 Å². The lowest BCUT2D eigenvalue weighted by atomic mass is 10.1. The van der Waals surface area contributed by atoms with E-state index in [-0.39, 0.29) is 0 Å². The molecule has 0 saturated heterocycles. The normalized spacial score (nSPS) is 10.6. The zero-order valence-corrected chi connectivity index (χ0v) is 11.0. The minimum atomic E-state index is 0.872. The van der Waals surface area contributed by atoms with Crippen LogP contribution in [0.5, 0.6) is 0 Å². The van der Waals surface area contributed by atoms with Gasteiger partial charge in [-0.1, -0.05) is 6.07 Å². The number of aryl methyl sites for hydroxylation is 1. The Hall–Kier alpha value is -1.00. The van der Waals surface area contributed by atoms with Crippen molar-refractivity contribution in [2.75, 3.05) is 5.73 Å². The molecule has 0 aromatic carbocycles. The summed E-state index contributed by atoms with van der Waals surface area (Å²) in [7, 11) is 0. The van der Waals surface area contributed by atoms with Gasteiger partial charge in [-0.2, -0.15) is 0 Å². The first kappa shape index (κ1) is 11.5. The molecule has 0 aliphatic carbocycles. The summed E-state index contributed by atoms with van der Waals surface area (Å²) >= 11 is 3.57. The summed E-state index contributed by atoms with van der Waals surface area (Å²) in [6.07, 6.45) is 1.85. The minimum Gasteiger partial charge on any atom is -0.398 e. The Kier molecular flexibility index (Phi) is 3.51. The fourth-order valence-corrected chi connectivity index (χ4v) is 3.23. The number of nitrogen functional groups attached to an aromatic ring is 1. The Bertz CT molecular complexity index is 478. The average molecular weight is 250 g/mol. The molecular weight excluding hydrogens is 236 g/mol. The third kappa shape index (κ3) is 2.39. The van der Waals surface area contributed by atoms with E-state index in [4.69, 9.17) is 5.73 Å². The first-order valence-corrected chi connectivity index (χ1v) is 6.92. The van der Waals surface area contributed by atoms with Gasteiger partial charge in [0.2, 0.25) is 0 Å². The van der Waals surface area contributed by atoms with Crippen molar-refractivity contribution in [3.8, 4) is 0 Å². The molecule has 16 heavy (non-hydrogen) atoms. The van der Waals surface area contributed by atoms with E-state index in [0.29, 0.717) is 0 Å². The van der Waals surface area contributed by atoms with E-state index in [1.165, 1.54) is 4.21 Å². The van der Waals surface area contributed by atoms with E-state index in [1.807, 2.05) is 31.8 Å². The fourth-order valence-electron chi connectivity index (χ4n) is 1.42. The molecule has 4 heteroatoms. The number of thiophene rings is 1. The van der Waals surface area contributed by atoms with Crippen LogP contribution in [0.3, 0.4) is 0 Å². The van der Waals surface area contributed by atoms with Crippen LogP contribution in [0.2, 0.25) is 0 Å². The molecule has 0 amide bonds. The van der Waals surface area contributed by atoms with E-state index >= 15 is 0 Å². The van der Waals surface area contributed by atoms with E-state index in [2.05, 4.69) is 22.5 Å². The van der Waals surface area contributed by atoms with Crippen LogP contribution in [0.15, 0.2) is 27.9 Å². The Morgan fingerprint density at radius 1 is 1.44 bits per heavy atom. The van der Waals surface area contributed by atoms with Crippen LogP contribution in [-0.4, -0.2) is 4.98 Å². The van der Waals surface area contributed by atoms with Gasteiger partial charge in [0.25, 0.3) is 0 Å². The molecule has 2 aromatic rings. The number of hydrogen-bond acceptors (Lipinski definition) is 4. The van der Waals surface area contributed by atoms with Crippen molar-refractivity contribution in [2.24, 2.45) is 0 Å². The standard InChI is InChI=1S/C12H14N2S2/c1-8-6-14-10(9(2)12(8)13)7-16-11-4-3-5-15-11/h3-6H,7H2,1-2H3,(H2,13,14). The van der Waals surface area contributed by atoms with Crippen molar-refractivity contribution in [2.45, 2.75) is 23.8 Å². The van der Waals surface area contributed by atoms with Crippen molar-refractivity contribution in [1.29, 1.82) is 0 Å². The molecule has 2 aromatic heterocycles. The van der Waals surface area contributed by atoms with Gasteiger partial charge in [-0.3, -0.25) is 4.98 Å². The molecule has 0 atom stereocenters. The number of nitrogens with zero attached hydrogens (tertiary/aromatic N) is 1. The number of thioether (sulfide) groups is 1. The van der Waals surface area contributed by atoms with Gasteiger partial charge in [-0.15, -0.1) is 23.1 Å². The SMILES string of the molecule is Cc1cnc(CSc2cccs2)c(C)c1N. The number of aromatic nitrogens is 1. The Morgan fingerprint density at radius 2 is 2.25 bits per heavy atom. The quantitative estimate of drug-likeness (QED) is 0.845. The summed E-state index contributed by atoms with van der Waals surface area (Å²) in [6, 6.07) is 4.19. The highest BCUT2D eigenvalue weighted by Crippen LogP contribution is 2.28. The van der Waals surface area contributed by atoms with Crippen LogP contribution in [0.25, 0.3) is 0 Å². The summed E-state index contributed by atoms with van der Waals surface area (Å²) in [5.41, 5.74) is 10.1. The number of rotatable bonds is 3. The highest BCUT2D eigenvalue weighted by Gasteiger charge is 2.06. The Morgan fingerprint density at radius 3 is 2.94 bits per heavy atom. The van der Waals surface area contributed by atoms with Crippen LogP contribution in [-0.2, 0) is 5.75 Å². The first-order valence-electron chi connectivity index (χ1n) is 5.05. The van der Waals surface area contributed by atoms with E-state index in [9.17, 15) is 0 Å². The highest BCUT2D eigenvalue weighted by atomic mass is 32.2. The van der Waals surface area contributed by atoms with Gasteiger partial charge in [0.15, 0.2) is 0 Å². The third-order valence-electron chi connectivity index (χ3n) is 2.52. The monoisotopic (exact) mass is 250 g/mol. The van der Waals surface area contributed by atoms with Gasteiger partial charge in [0.1, 0.15) is 0 Å². The zero-order chi connectivity index (χ0) is 11.5. The van der Waals surface area contributed by atoms with E-state index in [1.54, 1.807) is 11.3 Å². The predicted octanol–water partition coefficient (Wildman–Crippen LogP) is 3.63. The average Bonchev–Trinajstić information content (AvgIpc) is 2.78. The van der Waals surface area contributed by atoms with Gasteiger partial charge < -0.3 is 5.73 Å². The molecule has 0 unspecified atom stereocenters. The van der Waals surface area contributed by atoms with Crippen molar-refractivity contribution in [3.05, 3.63) is 40.5 Å². The lowest BCUT2D eigenvalue weighted by Gasteiger charge is -2.08. The second-order valence-corrected chi connectivity index (χ2v) is 5.87. The molecule has 0 bridgehead atoms. The summed E-state index contributed by atoms with van der Waals surface area (Å²) in [4.78, 5) is 4.44. The van der Waals surface area contributed by atoms with E-state index < -0.39 is 0 Å². The van der Waals surface area contributed by atoms with Crippen molar-refractivity contribution in [3.63, 3.8) is 0 Å². The second-order valence-electron chi connectivity index (χ2n) is 3.65. The van der Waals surface area contributed by atoms with Gasteiger partial charge in [-0.25, -0.2) is 0 Å². The third-order valence-corrected chi connectivity index (χ3v) is 4.66. The Balaban J connectivity index is 2.13. The maximum absolute atomic E-state index is 5.98. The fraction of sp³-hybridized carbons (Fsp3) is 0.250.